The number of benzene rings is 1. The number of hydrogen-bond donors (Lipinski definition) is 2. The van der Waals surface area contributed by atoms with Gasteiger partial charge in [0.05, 0.1) is 18.2 Å². The highest BCUT2D eigenvalue weighted by atomic mass is 16.3. The molecule has 0 aliphatic carbocycles. The van der Waals surface area contributed by atoms with Crippen LogP contribution in [0.25, 0.3) is 10.9 Å². The monoisotopic (exact) mass is 314 g/mol. The van der Waals surface area contributed by atoms with Crippen LogP contribution in [0.3, 0.4) is 0 Å². The molecule has 1 unspecified atom stereocenters. The molecule has 1 aliphatic rings. The molecule has 1 aliphatic heterocycles. The Morgan fingerprint density at radius 1 is 1.13 bits per heavy atom. The van der Waals surface area contributed by atoms with Crippen molar-refractivity contribution in [2.75, 3.05) is 29.9 Å². The van der Waals surface area contributed by atoms with Gasteiger partial charge in [-0.3, -0.25) is 0 Å². The van der Waals surface area contributed by atoms with E-state index in [1.54, 1.807) is 0 Å². The molecule has 0 saturated carbocycles. The fourth-order valence-corrected chi connectivity index (χ4v) is 3.06. The average Bonchev–Trinajstić information content (AvgIpc) is 2.88. The molecule has 0 bridgehead atoms. The molecule has 2 N–H and O–H groups in total. The second kappa shape index (κ2) is 7.59. The van der Waals surface area contributed by atoms with Gasteiger partial charge in [-0.1, -0.05) is 31.9 Å². The van der Waals surface area contributed by atoms with Gasteiger partial charge in [-0.2, -0.15) is 4.98 Å². The Balaban J connectivity index is 1.98. The predicted molar refractivity (Wildman–Crippen MR) is 95.0 cm³/mol. The lowest BCUT2D eigenvalue weighted by molar-refractivity contribution is 0.271. The number of rotatable bonds is 5. The number of hydrogen-bond acceptors (Lipinski definition) is 5. The van der Waals surface area contributed by atoms with E-state index < -0.39 is 0 Å². The molecule has 124 valence electrons. The fourth-order valence-electron chi connectivity index (χ4n) is 3.06. The van der Waals surface area contributed by atoms with Gasteiger partial charge in [0.2, 0.25) is 5.95 Å². The summed E-state index contributed by atoms with van der Waals surface area (Å²) in [7, 11) is 0. The molecule has 1 saturated heterocycles. The highest BCUT2D eigenvalue weighted by Gasteiger charge is 2.16. The first kappa shape index (κ1) is 16.0. The number of anilines is 2. The summed E-state index contributed by atoms with van der Waals surface area (Å²) in [5.41, 5.74) is 0.956. The van der Waals surface area contributed by atoms with E-state index in [1.165, 1.54) is 25.7 Å². The van der Waals surface area contributed by atoms with Crippen molar-refractivity contribution in [3.8, 4) is 0 Å². The molecule has 1 aromatic carbocycles. The molecule has 2 aromatic rings. The van der Waals surface area contributed by atoms with Crippen LogP contribution in [0.4, 0.5) is 11.8 Å². The third kappa shape index (κ3) is 3.72. The van der Waals surface area contributed by atoms with E-state index in [0.29, 0.717) is 0 Å². The number of nitrogens with one attached hydrogen (secondary N) is 1. The molecule has 0 amide bonds. The lowest BCUT2D eigenvalue weighted by atomic mass is 10.2. The highest BCUT2D eigenvalue weighted by molar-refractivity contribution is 5.90. The normalized spacial score (nSPS) is 17.0. The van der Waals surface area contributed by atoms with Crippen molar-refractivity contribution in [3.05, 3.63) is 24.3 Å². The molecule has 3 rings (SSSR count). The first-order valence-electron chi connectivity index (χ1n) is 8.71. The van der Waals surface area contributed by atoms with Crippen molar-refractivity contribution in [1.82, 2.24) is 9.97 Å². The number of fused-ring (bicyclic) bond motifs is 1. The van der Waals surface area contributed by atoms with Gasteiger partial charge in [-0.15, -0.1) is 0 Å². The molecule has 0 radical (unpaired) electrons. The lowest BCUT2D eigenvalue weighted by Crippen LogP contribution is -2.28. The van der Waals surface area contributed by atoms with E-state index >= 15 is 0 Å². The van der Waals surface area contributed by atoms with Crippen molar-refractivity contribution in [1.29, 1.82) is 0 Å². The summed E-state index contributed by atoms with van der Waals surface area (Å²) in [4.78, 5) is 11.9. The van der Waals surface area contributed by atoms with Crippen LogP contribution in [0.5, 0.6) is 0 Å². The van der Waals surface area contributed by atoms with E-state index in [-0.39, 0.29) is 12.6 Å². The number of aromatic nitrogens is 2. The van der Waals surface area contributed by atoms with Crippen molar-refractivity contribution in [2.45, 2.75) is 45.1 Å². The van der Waals surface area contributed by atoms with Crippen LogP contribution in [0, 0.1) is 0 Å². The van der Waals surface area contributed by atoms with Crippen LogP contribution in [0.2, 0.25) is 0 Å². The summed E-state index contributed by atoms with van der Waals surface area (Å²) >= 11 is 0. The Bertz CT molecular complexity index is 634. The van der Waals surface area contributed by atoms with E-state index in [9.17, 15) is 5.11 Å². The molecule has 5 nitrogen and oxygen atoms in total. The molecule has 1 aromatic heterocycles. The maximum absolute atomic E-state index is 9.50. The number of para-hydroxylation sites is 1. The summed E-state index contributed by atoms with van der Waals surface area (Å²) in [5.74, 6) is 1.64. The zero-order valence-electron chi connectivity index (χ0n) is 13.8. The summed E-state index contributed by atoms with van der Waals surface area (Å²) in [6, 6.07) is 8.10. The van der Waals surface area contributed by atoms with E-state index in [1.807, 2.05) is 24.3 Å². The Morgan fingerprint density at radius 2 is 1.87 bits per heavy atom. The molecule has 23 heavy (non-hydrogen) atoms. The van der Waals surface area contributed by atoms with Crippen LogP contribution in [0.15, 0.2) is 24.3 Å². The highest BCUT2D eigenvalue weighted by Crippen LogP contribution is 2.25. The lowest BCUT2D eigenvalue weighted by Gasteiger charge is -2.23. The SMILES string of the molecule is CCC(CO)Nc1nc(N2CCCCCC2)nc2ccccc12. The van der Waals surface area contributed by atoms with E-state index in [2.05, 4.69) is 17.1 Å². The molecule has 1 fully saturated rings. The van der Waals surface area contributed by atoms with Crippen LogP contribution >= 0.6 is 0 Å². The summed E-state index contributed by atoms with van der Waals surface area (Å²) < 4.78 is 0. The Kier molecular flexibility index (Phi) is 5.28. The smallest absolute Gasteiger partial charge is 0.227 e. The molecule has 5 heteroatoms. The Morgan fingerprint density at radius 3 is 2.57 bits per heavy atom. The Hall–Kier alpha value is -1.88. The van der Waals surface area contributed by atoms with Crippen molar-refractivity contribution in [2.24, 2.45) is 0 Å². The minimum atomic E-state index is 0.0188. The standard InChI is InChI=1S/C18H26N4O/c1-2-14(13-23)19-17-15-9-5-6-10-16(15)20-18(21-17)22-11-7-3-4-8-12-22/h5-6,9-10,14,23H,2-4,7-8,11-13H2,1H3,(H,19,20,21). The third-order valence-electron chi connectivity index (χ3n) is 4.53. The van der Waals surface area contributed by atoms with Crippen molar-refractivity contribution >= 4 is 22.7 Å². The van der Waals surface area contributed by atoms with Gasteiger partial charge in [0.15, 0.2) is 0 Å². The second-order valence-corrected chi connectivity index (χ2v) is 6.22. The Labute approximate surface area is 137 Å². The zero-order valence-corrected chi connectivity index (χ0v) is 13.8. The summed E-state index contributed by atoms with van der Waals surface area (Å²) in [5, 5.41) is 13.9. The summed E-state index contributed by atoms with van der Waals surface area (Å²) in [6.45, 7) is 4.21. The average molecular weight is 314 g/mol. The van der Waals surface area contributed by atoms with Crippen LogP contribution in [-0.2, 0) is 0 Å². The first-order valence-corrected chi connectivity index (χ1v) is 8.71. The largest absolute Gasteiger partial charge is 0.394 e. The number of aliphatic hydroxyl groups excluding tert-OH is 1. The molecule has 0 spiro atoms. The van der Waals surface area contributed by atoms with E-state index in [4.69, 9.17) is 9.97 Å². The fraction of sp³-hybridized carbons (Fsp3) is 0.556. The molecule has 2 heterocycles. The van der Waals surface area contributed by atoms with Crippen LogP contribution in [-0.4, -0.2) is 40.8 Å². The van der Waals surface area contributed by atoms with Crippen molar-refractivity contribution < 1.29 is 5.11 Å². The minimum absolute atomic E-state index is 0.0188. The van der Waals surface area contributed by atoms with E-state index in [0.717, 1.165) is 42.2 Å². The van der Waals surface area contributed by atoms with Gasteiger partial charge in [0, 0.05) is 18.5 Å². The maximum atomic E-state index is 9.50. The molecule has 1 atom stereocenters. The first-order chi connectivity index (χ1) is 11.3. The van der Waals surface area contributed by atoms with Crippen LogP contribution in [0.1, 0.15) is 39.0 Å². The van der Waals surface area contributed by atoms with Crippen molar-refractivity contribution in [3.63, 3.8) is 0 Å². The van der Waals surface area contributed by atoms with Gasteiger partial charge in [0.25, 0.3) is 0 Å². The second-order valence-electron chi connectivity index (χ2n) is 6.22. The van der Waals surface area contributed by atoms with Gasteiger partial charge < -0.3 is 15.3 Å². The third-order valence-corrected chi connectivity index (χ3v) is 4.53. The number of aliphatic hydroxyl groups is 1. The van der Waals surface area contributed by atoms with Gasteiger partial charge in [0.1, 0.15) is 5.82 Å². The summed E-state index contributed by atoms with van der Waals surface area (Å²) in [6.07, 6.45) is 5.84. The van der Waals surface area contributed by atoms with Gasteiger partial charge >= 0.3 is 0 Å². The topological polar surface area (TPSA) is 61.3 Å². The quantitative estimate of drug-likeness (QED) is 0.887. The van der Waals surface area contributed by atoms with Gasteiger partial charge in [-0.25, -0.2) is 4.98 Å². The van der Waals surface area contributed by atoms with Crippen LogP contribution < -0.4 is 10.2 Å². The van der Waals surface area contributed by atoms with Gasteiger partial charge in [-0.05, 0) is 31.4 Å². The molecular weight excluding hydrogens is 288 g/mol. The number of nitrogens with zero attached hydrogens (tertiary/aromatic N) is 3. The maximum Gasteiger partial charge on any atom is 0.227 e. The molecular formula is C18H26N4O. The predicted octanol–water partition coefficient (Wildman–Crippen LogP) is 3.19. The minimum Gasteiger partial charge on any atom is -0.394 e. The zero-order chi connectivity index (χ0) is 16.1.